The van der Waals surface area contributed by atoms with Crippen molar-refractivity contribution in [3.63, 3.8) is 0 Å². The first-order valence-electron chi connectivity index (χ1n) is 6.11. The van der Waals surface area contributed by atoms with Crippen molar-refractivity contribution >= 4 is 16.9 Å². The third-order valence-corrected chi connectivity index (χ3v) is 2.07. The second-order valence-electron chi connectivity index (χ2n) is 3.19. The molecule has 2 aromatic rings. The monoisotopic (exact) mass is 257 g/mol. The molecule has 3 heteroatoms. The van der Waals surface area contributed by atoms with E-state index in [4.69, 9.17) is 5.11 Å². The van der Waals surface area contributed by atoms with E-state index < -0.39 is 5.97 Å². The molecule has 0 aliphatic carbocycles. The number of hydrogen-bond donors (Lipinski definition) is 1. The van der Waals surface area contributed by atoms with Crippen LogP contribution in [0.15, 0.2) is 36.4 Å². The van der Waals surface area contributed by atoms with Crippen LogP contribution in [0.2, 0.25) is 0 Å². The SMILES string of the molecule is CC.CC#CC.O=C(O)c1ccc2ccccc2n1. The fourth-order valence-electron chi connectivity index (χ4n) is 1.19. The quantitative estimate of drug-likeness (QED) is 0.786. The Balaban J connectivity index is 0.000000467. The lowest BCUT2D eigenvalue weighted by Crippen LogP contribution is -1.99. The Kier molecular flexibility index (Phi) is 8.48. The van der Waals surface area contributed by atoms with Crippen LogP contribution in [-0.2, 0) is 0 Å². The van der Waals surface area contributed by atoms with Crippen LogP contribution in [0.25, 0.3) is 10.9 Å². The number of fused-ring (bicyclic) bond motifs is 1. The number of benzene rings is 1. The number of para-hydroxylation sites is 1. The molecule has 1 heterocycles. The predicted octanol–water partition coefficient (Wildman–Crippen LogP) is 3.99. The van der Waals surface area contributed by atoms with Gasteiger partial charge in [-0.1, -0.05) is 38.1 Å². The Bertz CT molecular complexity index is 574. The van der Waals surface area contributed by atoms with Crippen molar-refractivity contribution in [1.82, 2.24) is 4.98 Å². The maximum Gasteiger partial charge on any atom is 0.354 e. The maximum atomic E-state index is 10.6. The number of rotatable bonds is 1. The van der Waals surface area contributed by atoms with Crippen LogP contribution in [0.5, 0.6) is 0 Å². The molecule has 0 saturated carbocycles. The van der Waals surface area contributed by atoms with Crippen LogP contribution in [0.1, 0.15) is 38.2 Å². The number of hydrogen-bond acceptors (Lipinski definition) is 2. The second-order valence-corrected chi connectivity index (χ2v) is 3.19. The van der Waals surface area contributed by atoms with E-state index in [-0.39, 0.29) is 5.69 Å². The fourth-order valence-corrected chi connectivity index (χ4v) is 1.19. The molecule has 2 rings (SSSR count). The summed E-state index contributed by atoms with van der Waals surface area (Å²) in [5.74, 6) is 4.37. The van der Waals surface area contributed by atoms with Gasteiger partial charge >= 0.3 is 5.97 Å². The van der Waals surface area contributed by atoms with Gasteiger partial charge in [0.05, 0.1) is 5.52 Å². The van der Waals surface area contributed by atoms with E-state index >= 15 is 0 Å². The number of nitrogens with zero attached hydrogens (tertiary/aromatic N) is 1. The number of aromatic carboxylic acids is 1. The van der Waals surface area contributed by atoms with Crippen molar-refractivity contribution in [3.05, 3.63) is 42.1 Å². The summed E-state index contributed by atoms with van der Waals surface area (Å²) in [6.45, 7) is 7.64. The Labute approximate surface area is 114 Å². The van der Waals surface area contributed by atoms with E-state index in [1.807, 2.05) is 45.9 Å². The lowest BCUT2D eigenvalue weighted by Gasteiger charge is -1.97. The predicted molar refractivity (Wildman–Crippen MR) is 79.2 cm³/mol. The molecule has 0 saturated heterocycles. The summed E-state index contributed by atoms with van der Waals surface area (Å²) < 4.78 is 0. The summed E-state index contributed by atoms with van der Waals surface area (Å²) in [5, 5.41) is 9.63. The third kappa shape index (κ3) is 5.69. The minimum atomic E-state index is -0.995. The molecule has 0 bridgehead atoms. The highest BCUT2D eigenvalue weighted by atomic mass is 16.4. The Morgan fingerprint density at radius 3 is 2.16 bits per heavy atom. The highest BCUT2D eigenvalue weighted by Crippen LogP contribution is 2.11. The molecular weight excluding hydrogens is 238 g/mol. The molecular formula is C16H19NO2. The Morgan fingerprint density at radius 2 is 1.63 bits per heavy atom. The minimum Gasteiger partial charge on any atom is -0.477 e. The van der Waals surface area contributed by atoms with Gasteiger partial charge in [0.15, 0.2) is 0 Å². The summed E-state index contributed by atoms with van der Waals surface area (Å²) in [7, 11) is 0. The number of carboxylic acids is 1. The molecule has 100 valence electrons. The van der Waals surface area contributed by atoms with E-state index in [2.05, 4.69) is 16.8 Å². The van der Waals surface area contributed by atoms with Gasteiger partial charge in [0.25, 0.3) is 0 Å². The molecule has 0 spiro atoms. The summed E-state index contributed by atoms with van der Waals surface area (Å²) in [4.78, 5) is 14.6. The number of carbonyl (C=O) groups is 1. The van der Waals surface area contributed by atoms with Gasteiger partial charge in [-0.05, 0) is 26.0 Å². The van der Waals surface area contributed by atoms with E-state index in [0.717, 1.165) is 5.39 Å². The highest BCUT2D eigenvalue weighted by molar-refractivity contribution is 5.89. The highest BCUT2D eigenvalue weighted by Gasteiger charge is 2.03. The Hall–Kier alpha value is -2.34. The largest absolute Gasteiger partial charge is 0.477 e. The van der Waals surface area contributed by atoms with Gasteiger partial charge < -0.3 is 5.11 Å². The molecule has 3 nitrogen and oxygen atoms in total. The summed E-state index contributed by atoms with van der Waals surface area (Å²) in [6.07, 6.45) is 0. The van der Waals surface area contributed by atoms with Gasteiger partial charge in [0, 0.05) is 5.39 Å². The summed E-state index contributed by atoms with van der Waals surface area (Å²) >= 11 is 0. The number of pyridine rings is 1. The van der Waals surface area contributed by atoms with Crippen LogP contribution in [-0.4, -0.2) is 16.1 Å². The molecule has 0 aliphatic rings. The number of carboxylic acid groups (broad SMARTS) is 1. The first-order valence-corrected chi connectivity index (χ1v) is 6.11. The third-order valence-electron chi connectivity index (χ3n) is 2.07. The van der Waals surface area contributed by atoms with E-state index in [1.165, 1.54) is 6.07 Å². The maximum absolute atomic E-state index is 10.6. The molecule has 0 fully saturated rings. The lowest BCUT2D eigenvalue weighted by molar-refractivity contribution is 0.0691. The van der Waals surface area contributed by atoms with Gasteiger partial charge in [-0.15, -0.1) is 11.8 Å². The zero-order chi connectivity index (χ0) is 14.7. The molecule has 0 atom stereocenters. The first kappa shape index (κ1) is 16.7. The molecule has 0 aliphatic heterocycles. The van der Waals surface area contributed by atoms with Gasteiger partial charge in [-0.2, -0.15) is 0 Å². The Morgan fingerprint density at radius 1 is 1.05 bits per heavy atom. The standard InChI is InChI=1S/C10H7NO2.C4H6.C2H6/c12-10(13)9-6-5-7-3-1-2-4-8(7)11-9;1-3-4-2;1-2/h1-6H,(H,12,13);1-2H3;1-2H3. The van der Waals surface area contributed by atoms with E-state index in [9.17, 15) is 4.79 Å². The van der Waals surface area contributed by atoms with Crippen molar-refractivity contribution < 1.29 is 9.90 Å². The normalized spacial score (nSPS) is 8.00. The molecule has 0 amide bonds. The van der Waals surface area contributed by atoms with Gasteiger partial charge in [0.1, 0.15) is 5.69 Å². The van der Waals surface area contributed by atoms with E-state index in [0.29, 0.717) is 5.52 Å². The molecule has 19 heavy (non-hydrogen) atoms. The average molecular weight is 257 g/mol. The molecule has 1 N–H and O–H groups in total. The van der Waals surface area contributed by atoms with Crippen LogP contribution in [0, 0.1) is 11.8 Å². The zero-order valence-electron chi connectivity index (χ0n) is 11.8. The molecule has 1 aromatic heterocycles. The van der Waals surface area contributed by atoms with Crippen LogP contribution >= 0.6 is 0 Å². The molecule has 1 aromatic carbocycles. The topological polar surface area (TPSA) is 50.2 Å². The van der Waals surface area contributed by atoms with Gasteiger partial charge in [-0.3, -0.25) is 0 Å². The van der Waals surface area contributed by atoms with Gasteiger partial charge in [-0.25, -0.2) is 9.78 Å². The second kappa shape index (κ2) is 9.67. The van der Waals surface area contributed by atoms with Crippen LogP contribution < -0.4 is 0 Å². The average Bonchev–Trinajstić information content (AvgIpc) is 2.49. The fraction of sp³-hybridized carbons (Fsp3) is 0.250. The van der Waals surface area contributed by atoms with Crippen molar-refractivity contribution in [3.8, 4) is 11.8 Å². The smallest absolute Gasteiger partial charge is 0.354 e. The summed E-state index contributed by atoms with van der Waals surface area (Å²) in [6, 6.07) is 10.7. The summed E-state index contributed by atoms with van der Waals surface area (Å²) in [5.41, 5.74) is 0.793. The molecule has 0 unspecified atom stereocenters. The van der Waals surface area contributed by atoms with Crippen molar-refractivity contribution in [2.45, 2.75) is 27.7 Å². The first-order chi connectivity index (χ1) is 9.19. The van der Waals surface area contributed by atoms with Crippen molar-refractivity contribution in [2.24, 2.45) is 0 Å². The van der Waals surface area contributed by atoms with Gasteiger partial charge in [0.2, 0.25) is 0 Å². The zero-order valence-corrected chi connectivity index (χ0v) is 11.8. The molecule has 0 radical (unpaired) electrons. The number of aromatic nitrogens is 1. The van der Waals surface area contributed by atoms with Crippen molar-refractivity contribution in [2.75, 3.05) is 0 Å². The van der Waals surface area contributed by atoms with Crippen LogP contribution in [0.3, 0.4) is 0 Å². The minimum absolute atomic E-state index is 0.0821. The van der Waals surface area contributed by atoms with E-state index in [1.54, 1.807) is 12.1 Å². The van der Waals surface area contributed by atoms with Crippen molar-refractivity contribution in [1.29, 1.82) is 0 Å². The lowest BCUT2D eigenvalue weighted by atomic mass is 10.2. The van der Waals surface area contributed by atoms with Crippen LogP contribution in [0.4, 0.5) is 0 Å².